The topological polar surface area (TPSA) is 12.9 Å². The number of pyridine rings is 1. The lowest BCUT2D eigenvalue weighted by Crippen LogP contribution is -1.90. The molecule has 3 heteroatoms. The second-order valence-corrected chi connectivity index (χ2v) is 7.02. The van der Waals surface area contributed by atoms with E-state index in [0.717, 1.165) is 32.0 Å². The first-order valence-corrected chi connectivity index (χ1v) is 8.91. The monoisotopic (exact) mass is 345 g/mol. The third kappa shape index (κ3) is 3.42. The van der Waals surface area contributed by atoms with Crippen LogP contribution < -0.4 is 0 Å². The second-order valence-electron chi connectivity index (χ2n) is 5.96. The maximum absolute atomic E-state index is 13.2. The second kappa shape index (κ2) is 6.69. The van der Waals surface area contributed by atoms with Gasteiger partial charge in [0.2, 0.25) is 0 Å². The molecule has 4 aromatic rings. The molecule has 1 heterocycles. The SMILES string of the molecule is Cc1ccc(-c2cc3ccccc3nc2Sc2ccc(F)cc2)cc1. The lowest BCUT2D eigenvalue weighted by atomic mass is 10.0. The highest BCUT2D eigenvalue weighted by molar-refractivity contribution is 7.99. The number of para-hydroxylation sites is 1. The van der Waals surface area contributed by atoms with E-state index in [4.69, 9.17) is 4.98 Å². The Kier molecular flexibility index (Phi) is 4.24. The van der Waals surface area contributed by atoms with Crippen LogP contribution in [0.3, 0.4) is 0 Å². The van der Waals surface area contributed by atoms with E-state index in [0.29, 0.717) is 0 Å². The number of benzene rings is 3. The molecule has 25 heavy (non-hydrogen) atoms. The van der Waals surface area contributed by atoms with Gasteiger partial charge in [-0.25, -0.2) is 9.37 Å². The van der Waals surface area contributed by atoms with Crippen LogP contribution in [0.15, 0.2) is 88.8 Å². The van der Waals surface area contributed by atoms with Gasteiger partial charge in [-0.15, -0.1) is 0 Å². The third-order valence-electron chi connectivity index (χ3n) is 4.08. The first-order chi connectivity index (χ1) is 12.2. The van der Waals surface area contributed by atoms with Crippen LogP contribution in [0.1, 0.15) is 5.56 Å². The van der Waals surface area contributed by atoms with E-state index in [1.54, 1.807) is 23.9 Å². The summed E-state index contributed by atoms with van der Waals surface area (Å²) in [6.45, 7) is 2.08. The highest BCUT2D eigenvalue weighted by Crippen LogP contribution is 2.36. The van der Waals surface area contributed by atoms with Crippen molar-refractivity contribution < 1.29 is 4.39 Å². The molecule has 1 aromatic heterocycles. The molecule has 0 spiro atoms. The summed E-state index contributed by atoms with van der Waals surface area (Å²) in [6.07, 6.45) is 0. The van der Waals surface area contributed by atoms with Crippen LogP contribution in [0.5, 0.6) is 0 Å². The van der Waals surface area contributed by atoms with Gasteiger partial charge in [0.05, 0.1) is 5.52 Å². The molecule has 0 unspecified atom stereocenters. The van der Waals surface area contributed by atoms with Crippen molar-refractivity contribution in [2.75, 3.05) is 0 Å². The van der Waals surface area contributed by atoms with Crippen molar-refractivity contribution in [1.82, 2.24) is 4.98 Å². The van der Waals surface area contributed by atoms with Crippen molar-refractivity contribution in [3.8, 4) is 11.1 Å². The molecule has 0 N–H and O–H groups in total. The Labute approximate surface area is 150 Å². The van der Waals surface area contributed by atoms with Gasteiger partial charge in [-0.05, 0) is 48.9 Å². The van der Waals surface area contributed by atoms with Crippen molar-refractivity contribution in [1.29, 1.82) is 0 Å². The summed E-state index contributed by atoms with van der Waals surface area (Å²) >= 11 is 1.56. The molecule has 122 valence electrons. The van der Waals surface area contributed by atoms with Gasteiger partial charge in [-0.1, -0.05) is 59.8 Å². The van der Waals surface area contributed by atoms with Crippen molar-refractivity contribution in [2.45, 2.75) is 16.8 Å². The molecule has 0 atom stereocenters. The number of hydrogen-bond acceptors (Lipinski definition) is 2. The predicted octanol–water partition coefficient (Wildman–Crippen LogP) is 6.50. The van der Waals surface area contributed by atoms with Crippen molar-refractivity contribution in [3.05, 3.63) is 90.2 Å². The quantitative estimate of drug-likeness (QED) is 0.420. The fraction of sp³-hybridized carbons (Fsp3) is 0.0455. The first-order valence-electron chi connectivity index (χ1n) is 8.09. The predicted molar refractivity (Wildman–Crippen MR) is 102 cm³/mol. The fourth-order valence-corrected chi connectivity index (χ4v) is 3.66. The van der Waals surface area contributed by atoms with Gasteiger partial charge in [0.1, 0.15) is 10.8 Å². The van der Waals surface area contributed by atoms with Crippen molar-refractivity contribution in [3.63, 3.8) is 0 Å². The maximum atomic E-state index is 13.2. The van der Waals surface area contributed by atoms with Crippen LogP contribution in [0.25, 0.3) is 22.0 Å². The summed E-state index contributed by atoms with van der Waals surface area (Å²) in [6, 6.07) is 25.3. The summed E-state index contributed by atoms with van der Waals surface area (Å²) in [5.41, 5.74) is 4.41. The number of aromatic nitrogens is 1. The number of aryl methyl sites for hydroxylation is 1. The molecule has 1 nitrogen and oxygen atoms in total. The number of fused-ring (bicyclic) bond motifs is 1. The van der Waals surface area contributed by atoms with Gasteiger partial charge in [0, 0.05) is 15.8 Å². The van der Waals surface area contributed by atoms with E-state index < -0.39 is 0 Å². The Morgan fingerprint density at radius 3 is 2.32 bits per heavy atom. The number of hydrogen-bond donors (Lipinski definition) is 0. The first kappa shape index (κ1) is 15.9. The molecule has 0 aliphatic heterocycles. The summed E-state index contributed by atoms with van der Waals surface area (Å²) in [5, 5.41) is 2.04. The van der Waals surface area contributed by atoms with Gasteiger partial charge < -0.3 is 0 Å². The van der Waals surface area contributed by atoms with Crippen LogP contribution >= 0.6 is 11.8 Å². The van der Waals surface area contributed by atoms with E-state index >= 15 is 0 Å². The van der Waals surface area contributed by atoms with E-state index in [1.165, 1.54) is 17.7 Å². The lowest BCUT2D eigenvalue weighted by molar-refractivity contribution is 0.626. The van der Waals surface area contributed by atoms with Gasteiger partial charge in [0.15, 0.2) is 0 Å². The fourth-order valence-electron chi connectivity index (χ4n) is 2.73. The minimum absolute atomic E-state index is 0.227. The molecule has 0 saturated heterocycles. The molecule has 0 aliphatic rings. The molecule has 3 aromatic carbocycles. The number of nitrogens with zero attached hydrogens (tertiary/aromatic N) is 1. The molecule has 0 fully saturated rings. The van der Waals surface area contributed by atoms with E-state index in [9.17, 15) is 4.39 Å². The smallest absolute Gasteiger partial charge is 0.123 e. The van der Waals surface area contributed by atoms with Crippen molar-refractivity contribution in [2.24, 2.45) is 0 Å². The van der Waals surface area contributed by atoms with Gasteiger partial charge >= 0.3 is 0 Å². The average Bonchev–Trinajstić information content (AvgIpc) is 2.64. The molecule has 0 amide bonds. The molecule has 0 saturated carbocycles. The zero-order valence-electron chi connectivity index (χ0n) is 13.7. The Morgan fingerprint density at radius 1 is 0.840 bits per heavy atom. The van der Waals surface area contributed by atoms with Crippen LogP contribution in [0, 0.1) is 12.7 Å². The van der Waals surface area contributed by atoms with E-state index in [-0.39, 0.29) is 5.82 Å². The Hall–Kier alpha value is -2.65. The average molecular weight is 345 g/mol. The summed E-state index contributed by atoms with van der Waals surface area (Å²) in [7, 11) is 0. The Bertz CT molecular complexity index is 1020. The molecular formula is C22H16FNS. The highest BCUT2D eigenvalue weighted by atomic mass is 32.2. The van der Waals surface area contributed by atoms with Crippen LogP contribution in [-0.4, -0.2) is 4.98 Å². The van der Waals surface area contributed by atoms with Crippen LogP contribution in [0.4, 0.5) is 4.39 Å². The zero-order chi connectivity index (χ0) is 17.2. The standard InChI is InChI=1S/C22H16FNS/c1-15-6-8-16(9-7-15)20-14-17-4-2-3-5-21(17)24-22(20)25-19-12-10-18(23)11-13-19/h2-14H,1H3. The Morgan fingerprint density at radius 2 is 1.56 bits per heavy atom. The minimum Gasteiger partial charge on any atom is -0.240 e. The molecule has 0 radical (unpaired) electrons. The molecule has 4 rings (SSSR count). The lowest BCUT2D eigenvalue weighted by Gasteiger charge is -2.11. The molecular weight excluding hydrogens is 329 g/mol. The summed E-state index contributed by atoms with van der Waals surface area (Å²) in [5.74, 6) is -0.227. The molecule has 0 bridgehead atoms. The van der Waals surface area contributed by atoms with Crippen LogP contribution in [0.2, 0.25) is 0 Å². The highest BCUT2D eigenvalue weighted by Gasteiger charge is 2.11. The summed E-state index contributed by atoms with van der Waals surface area (Å²) in [4.78, 5) is 5.83. The van der Waals surface area contributed by atoms with Gasteiger partial charge in [-0.2, -0.15) is 0 Å². The maximum Gasteiger partial charge on any atom is 0.123 e. The normalized spacial score (nSPS) is 11.0. The largest absolute Gasteiger partial charge is 0.240 e. The van der Waals surface area contributed by atoms with E-state index in [2.05, 4.69) is 43.3 Å². The third-order valence-corrected chi connectivity index (χ3v) is 5.09. The minimum atomic E-state index is -0.227. The van der Waals surface area contributed by atoms with E-state index in [1.807, 2.05) is 18.2 Å². The zero-order valence-corrected chi connectivity index (χ0v) is 14.6. The Balaban J connectivity index is 1.86. The van der Waals surface area contributed by atoms with Gasteiger partial charge in [0.25, 0.3) is 0 Å². The van der Waals surface area contributed by atoms with Gasteiger partial charge in [-0.3, -0.25) is 0 Å². The number of rotatable bonds is 3. The molecule has 0 aliphatic carbocycles. The van der Waals surface area contributed by atoms with Crippen molar-refractivity contribution >= 4 is 22.7 Å². The van der Waals surface area contributed by atoms with Crippen LogP contribution in [-0.2, 0) is 0 Å². The number of halogens is 1. The summed E-state index contributed by atoms with van der Waals surface area (Å²) < 4.78 is 13.2.